The highest BCUT2D eigenvalue weighted by Gasteiger charge is 2.36. The number of aromatic nitrogens is 2. The molecule has 5 heteroatoms. The monoisotopic (exact) mass is 193 g/mol. The Morgan fingerprint density at radius 1 is 1.43 bits per heavy atom. The Labute approximate surface area is 83.1 Å². The Morgan fingerprint density at radius 3 is 2.79 bits per heavy atom. The van der Waals surface area contributed by atoms with E-state index in [4.69, 9.17) is 5.84 Å². The first-order valence-corrected chi connectivity index (χ1v) is 4.74. The van der Waals surface area contributed by atoms with E-state index in [1.54, 1.807) is 12.4 Å². The maximum Gasteiger partial charge on any atom is 0.160 e. The Hall–Kier alpha value is -1.36. The molecule has 1 aliphatic rings. The van der Waals surface area contributed by atoms with Gasteiger partial charge in [0.2, 0.25) is 0 Å². The predicted octanol–water partition coefficient (Wildman–Crippen LogP) is 0.974. The molecule has 1 aromatic heterocycles. The Kier molecular flexibility index (Phi) is 2.25. The second-order valence-electron chi connectivity index (χ2n) is 4.10. The zero-order valence-electron chi connectivity index (χ0n) is 8.25. The fraction of sp³-hybridized carbons (Fsp3) is 0.556. The molecular formula is C9H15N5. The number of nitrogen functional groups attached to an aromatic ring is 1. The molecule has 1 aromatic rings. The van der Waals surface area contributed by atoms with Gasteiger partial charge in [0, 0.05) is 6.54 Å². The van der Waals surface area contributed by atoms with Crippen molar-refractivity contribution in [3.8, 4) is 0 Å². The summed E-state index contributed by atoms with van der Waals surface area (Å²) in [6, 6.07) is 0. The van der Waals surface area contributed by atoms with E-state index in [0.29, 0.717) is 11.2 Å². The van der Waals surface area contributed by atoms with Gasteiger partial charge in [0.25, 0.3) is 0 Å². The number of nitrogens with one attached hydrogen (secondary N) is 2. The van der Waals surface area contributed by atoms with E-state index < -0.39 is 0 Å². The van der Waals surface area contributed by atoms with E-state index in [-0.39, 0.29) is 0 Å². The Bertz CT molecular complexity index is 321. The molecule has 4 N–H and O–H groups in total. The maximum atomic E-state index is 5.23. The molecule has 5 nitrogen and oxygen atoms in total. The molecule has 0 bridgehead atoms. The average molecular weight is 193 g/mol. The van der Waals surface area contributed by atoms with Crippen molar-refractivity contribution in [3.05, 3.63) is 12.4 Å². The van der Waals surface area contributed by atoms with Gasteiger partial charge < -0.3 is 10.7 Å². The minimum absolute atomic E-state index is 0.466. The van der Waals surface area contributed by atoms with Gasteiger partial charge in [0.05, 0.1) is 12.4 Å². The van der Waals surface area contributed by atoms with Crippen molar-refractivity contribution in [2.24, 2.45) is 11.3 Å². The summed E-state index contributed by atoms with van der Waals surface area (Å²) in [7, 11) is 0. The summed E-state index contributed by atoms with van der Waals surface area (Å²) in [5.41, 5.74) is 2.93. The van der Waals surface area contributed by atoms with Gasteiger partial charge in [-0.3, -0.25) is 4.98 Å². The van der Waals surface area contributed by atoms with Crippen LogP contribution in [0.1, 0.15) is 19.8 Å². The summed E-state index contributed by atoms with van der Waals surface area (Å²) in [5.74, 6) is 6.58. The van der Waals surface area contributed by atoms with Gasteiger partial charge in [-0.2, -0.15) is 0 Å². The second-order valence-corrected chi connectivity index (χ2v) is 4.10. The van der Waals surface area contributed by atoms with E-state index >= 15 is 0 Å². The summed E-state index contributed by atoms with van der Waals surface area (Å²) in [5, 5.41) is 3.25. The van der Waals surface area contributed by atoms with Crippen LogP contribution in [0.3, 0.4) is 0 Å². The summed E-state index contributed by atoms with van der Waals surface area (Å²) in [6.45, 7) is 3.22. The van der Waals surface area contributed by atoms with Crippen LogP contribution in [0.25, 0.3) is 0 Å². The van der Waals surface area contributed by atoms with Gasteiger partial charge in [-0.1, -0.05) is 6.92 Å². The number of nitrogens with zero attached hydrogens (tertiary/aromatic N) is 2. The third kappa shape index (κ3) is 2.11. The minimum atomic E-state index is 0.466. The first-order valence-electron chi connectivity index (χ1n) is 4.74. The zero-order valence-corrected chi connectivity index (χ0v) is 8.25. The van der Waals surface area contributed by atoms with Crippen LogP contribution >= 0.6 is 0 Å². The number of hydrogen-bond donors (Lipinski definition) is 3. The van der Waals surface area contributed by atoms with E-state index in [2.05, 4.69) is 27.6 Å². The van der Waals surface area contributed by atoms with Crippen LogP contribution in [-0.4, -0.2) is 16.5 Å². The highest BCUT2D eigenvalue weighted by molar-refractivity contribution is 5.40. The van der Waals surface area contributed by atoms with Gasteiger partial charge in [0.1, 0.15) is 5.82 Å². The van der Waals surface area contributed by atoms with Gasteiger partial charge in [0.15, 0.2) is 5.82 Å². The van der Waals surface area contributed by atoms with E-state index in [9.17, 15) is 0 Å². The molecule has 0 atom stereocenters. The van der Waals surface area contributed by atoms with Crippen molar-refractivity contribution < 1.29 is 0 Å². The third-order valence-corrected chi connectivity index (χ3v) is 2.58. The lowest BCUT2D eigenvalue weighted by Crippen LogP contribution is -2.14. The standard InChI is InChI=1S/C9H15N5/c1-9(2-3-9)6-12-7-4-11-5-8(13-7)14-10/h4-5H,2-3,6,10H2,1H3,(H2,12,13,14). The van der Waals surface area contributed by atoms with Gasteiger partial charge >= 0.3 is 0 Å². The number of nitrogens with two attached hydrogens (primary N) is 1. The van der Waals surface area contributed by atoms with Crippen molar-refractivity contribution in [1.29, 1.82) is 0 Å². The van der Waals surface area contributed by atoms with Crippen LogP contribution in [-0.2, 0) is 0 Å². The molecule has 1 heterocycles. The lowest BCUT2D eigenvalue weighted by atomic mass is 10.1. The molecule has 1 fully saturated rings. The van der Waals surface area contributed by atoms with E-state index in [0.717, 1.165) is 12.4 Å². The SMILES string of the molecule is CC1(CNc2cncc(NN)n2)CC1. The molecule has 0 radical (unpaired) electrons. The van der Waals surface area contributed by atoms with Gasteiger partial charge in [-0.15, -0.1) is 0 Å². The van der Waals surface area contributed by atoms with Crippen molar-refractivity contribution in [2.75, 3.05) is 17.3 Å². The highest BCUT2D eigenvalue weighted by Crippen LogP contribution is 2.44. The number of rotatable bonds is 4. The smallest absolute Gasteiger partial charge is 0.160 e. The third-order valence-electron chi connectivity index (χ3n) is 2.58. The minimum Gasteiger partial charge on any atom is -0.368 e. The van der Waals surface area contributed by atoms with E-state index in [1.165, 1.54) is 12.8 Å². The molecule has 0 spiro atoms. The van der Waals surface area contributed by atoms with Crippen LogP contribution in [0.4, 0.5) is 11.6 Å². The van der Waals surface area contributed by atoms with Gasteiger partial charge in [-0.25, -0.2) is 10.8 Å². The lowest BCUT2D eigenvalue weighted by molar-refractivity contribution is 0.609. The van der Waals surface area contributed by atoms with E-state index in [1.807, 2.05) is 0 Å². The predicted molar refractivity (Wildman–Crippen MR) is 55.7 cm³/mol. The van der Waals surface area contributed by atoms with Crippen LogP contribution in [0.2, 0.25) is 0 Å². The quantitative estimate of drug-likeness (QED) is 0.491. The highest BCUT2D eigenvalue weighted by atomic mass is 15.3. The first kappa shape index (κ1) is 9.21. The summed E-state index contributed by atoms with van der Waals surface area (Å²) < 4.78 is 0. The fourth-order valence-electron chi connectivity index (χ4n) is 1.21. The van der Waals surface area contributed by atoms with Crippen molar-refractivity contribution in [1.82, 2.24) is 9.97 Å². The van der Waals surface area contributed by atoms with Gasteiger partial charge in [-0.05, 0) is 18.3 Å². The molecule has 76 valence electrons. The maximum absolute atomic E-state index is 5.23. The molecule has 14 heavy (non-hydrogen) atoms. The van der Waals surface area contributed by atoms with Crippen molar-refractivity contribution in [2.45, 2.75) is 19.8 Å². The van der Waals surface area contributed by atoms with Crippen molar-refractivity contribution >= 4 is 11.6 Å². The molecule has 0 amide bonds. The molecule has 1 saturated carbocycles. The molecule has 0 saturated heterocycles. The average Bonchev–Trinajstić information content (AvgIpc) is 2.95. The molecular weight excluding hydrogens is 178 g/mol. The largest absolute Gasteiger partial charge is 0.368 e. The number of hydrogen-bond acceptors (Lipinski definition) is 5. The molecule has 0 aliphatic heterocycles. The Morgan fingerprint density at radius 2 is 2.14 bits per heavy atom. The summed E-state index contributed by atoms with van der Waals surface area (Å²) >= 11 is 0. The molecule has 2 rings (SSSR count). The Balaban J connectivity index is 1.94. The molecule has 1 aliphatic carbocycles. The van der Waals surface area contributed by atoms with Crippen LogP contribution in [0.15, 0.2) is 12.4 Å². The van der Waals surface area contributed by atoms with Crippen LogP contribution < -0.4 is 16.6 Å². The summed E-state index contributed by atoms with van der Waals surface area (Å²) in [6.07, 6.45) is 5.88. The summed E-state index contributed by atoms with van der Waals surface area (Å²) in [4.78, 5) is 8.22. The van der Waals surface area contributed by atoms with Crippen molar-refractivity contribution in [3.63, 3.8) is 0 Å². The first-order chi connectivity index (χ1) is 6.72. The number of hydrazine groups is 1. The van der Waals surface area contributed by atoms with Crippen LogP contribution in [0, 0.1) is 5.41 Å². The number of anilines is 2. The topological polar surface area (TPSA) is 75.9 Å². The molecule has 0 unspecified atom stereocenters. The second kappa shape index (κ2) is 3.42. The molecule has 0 aromatic carbocycles. The zero-order chi connectivity index (χ0) is 10.0. The fourth-order valence-corrected chi connectivity index (χ4v) is 1.21. The lowest BCUT2D eigenvalue weighted by Gasteiger charge is -2.10. The normalized spacial score (nSPS) is 17.6. The van der Waals surface area contributed by atoms with Crippen LogP contribution in [0.5, 0.6) is 0 Å².